The van der Waals surface area contributed by atoms with E-state index in [-0.39, 0.29) is 33.7 Å². The molecule has 0 saturated carbocycles. The maximum atomic E-state index is 13.5. The molecule has 5 rings (SSSR count). The molecule has 3 amide bonds. The van der Waals surface area contributed by atoms with Gasteiger partial charge in [-0.05, 0) is 79.1 Å². The Morgan fingerprint density at radius 2 is 1.62 bits per heavy atom. The van der Waals surface area contributed by atoms with E-state index in [0.29, 0.717) is 11.3 Å². The zero-order valence-corrected chi connectivity index (χ0v) is 20.5. The lowest BCUT2D eigenvalue weighted by molar-refractivity contribution is -0.137. The van der Waals surface area contributed by atoms with Gasteiger partial charge < -0.3 is 15.5 Å². The molecule has 0 bridgehead atoms. The van der Waals surface area contributed by atoms with Crippen molar-refractivity contribution < 1.29 is 33.0 Å². The highest BCUT2D eigenvalue weighted by Crippen LogP contribution is 2.44. The van der Waals surface area contributed by atoms with Crippen LogP contribution in [0, 0.1) is 13.8 Å². The van der Waals surface area contributed by atoms with Crippen LogP contribution in [0.15, 0.2) is 70.5 Å². The summed E-state index contributed by atoms with van der Waals surface area (Å²) in [6.45, 7) is 3.66. The summed E-state index contributed by atoms with van der Waals surface area (Å²) in [5.41, 5.74) is 1.60. The minimum Gasteiger partial charge on any atom is -0.506 e. The number of urea groups is 1. The van der Waals surface area contributed by atoms with E-state index in [0.717, 1.165) is 23.3 Å². The number of benzene rings is 3. The topological polar surface area (TPSA) is 128 Å². The zero-order valence-electron chi connectivity index (χ0n) is 20.5. The Hall–Kier alpha value is -5.13. The van der Waals surface area contributed by atoms with Crippen molar-refractivity contribution in [2.75, 3.05) is 0 Å². The second kappa shape index (κ2) is 9.31. The highest BCUT2D eigenvalue weighted by molar-refractivity contribution is 6.14. The third-order valence-electron chi connectivity index (χ3n) is 6.00. The maximum Gasteiger partial charge on any atom is 0.416 e. The van der Waals surface area contributed by atoms with Gasteiger partial charge >= 0.3 is 12.2 Å². The summed E-state index contributed by atoms with van der Waals surface area (Å²) in [4.78, 5) is 23.0. The highest BCUT2D eigenvalue weighted by atomic mass is 19.4. The predicted octanol–water partition coefficient (Wildman–Crippen LogP) is 6.27. The van der Waals surface area contributed by atoms with Gasteiger partial charge in [0.25, 0.3) is 5.91 Å². The number of nitrogens with one attached hydrogen (secondary N) is 2. The molecule has 1 fully saturated rings. The van der Waals surface area contributed by atoms with Gasteiger partial charge in [-0.3, -0.25) is 14.7 Å². The number of carbonyl (C=O) groups is 2. The Bertz CT molecular complexity index is 1720. The summed E-state index contributed by atoms with van der Waals surface area (Å²) in [7, 11) is 0. The first-order chi connectivity index (χ1) is 18.4. The van der Waals surface area contributed by atoms with Crippen LogP contribution in [-0.4, -0.2) is 26.7 Å². The second-order valence-corrected chi connectivity index (χ2v) is 9.00. The van der Waals surface area contributed by atoms with Crippen LogP contribution in [0.1, 0.15) is 22.3 Å². The van der Waals surface area contributed by atoms with Crippen LogP contribution in [0.25, 0.3) is 22.7 Å². The van der Waals surface area contributed by atoms with Gasteiger partial charge in [0.15, 0.2) is 5.69 Å². The lowest BCUT2D eigenvalue weighted by Gasteiger charge is -2.11. The standard InChI is InChI=1S/C27H20F3N5O4/c1-13-7-14(2)9-17(8-13)35-21-12-16(27(28,29)30)4-5-18(21)23(25(35)38)34-33-19-6-3-15(11-22(19)36)10-20-24(37)32-26(39)31-20/h3-12,36,38H,1-2H3,(H2,31,32,37,39)/b20-10-,34-33?. The molecule has 39 heavy (non-hydrogen) atoms. The summed E-state index contributed by atoms with van der Waals surface area (Å²) in [6, 6.07) is 11.9. The van der Waals surface area contributed by atoms with Gasteiger partial charge in [0.05, 0.1) is 11.1 Å². The van der Waals surface area contributed by atoms with Crippen molar-refractivity contribution in [3.8, 4) is 17.3 Å². The van der Waals surface area contributed by atoms with Crippen LogP contribution in [0.3, 0.4) is 0 Å². The quantitative estimate of drug-likeness (QED) is 0.139. The van der Waals surface area contributed by atoms with Gasteiger partial charge in [0.2, 0.25) is 5.88 Å². The molecule has 4 aromatic rings. The van der Waals surface area contributed by atoms with E-state index >= 15 is 0 Å². The molecule has 0 aliphatic carbocycles. The predicted molar refractivity (Wildman–Crippen MR) is 136 cm³/mol. The Labute approximate surface area is 218 Å². The van der Waals surface area contributed by atoms with E-state index in [1.54, 1.807) is 12.1 Å². The Morgan fingerprint density at radius 1 is 0.897 bits per heavy atom. The Balaban J connectivity index is 1.59. The van der Waals surface area contributed by atoms with Gasteiger partial charge in [-0.15, -0.1) is 10.2 Å². The summed E-state index contributed by atoms with van der Waals surface area (Å²) in [6.07, 6.45) is -3.25. The molecule has 4 N–H and O–H groups in total. The molecular formula is C27H20F3N5O4. The van der Waals surface area contributed by atoms with Crippen molar-refractivity contribution in [2.45, 2.75) is 20.0 Å². The fraction of sp³-hybridized carbons (Fsp3) is 0.111. The number of aryl methyl sites for hydroxylation is 2. The summed E-state index contributed by atoms with van der Waals surface area (Å²) < 4.78 is 41.8. The molecular weight excluding hydrogens is 515 g/mol. The number of nitrogens with zero attached hydrogens (tertiary/aromatic N) is 3. The minimum absolute atomic E-state index is 0.00359. The van der Waals surface area contributed by atoms with E-state index in [9.17, 15) is 33.0 Å². The number of hydrogen-bond acceptors (Lipinski definition) is 6. The molecule has 9 nitrogen and oxygen atoms in total. The number of azo groups is 1. The number of imide groups is 1. The van der Waals surface area contributed by atoms with Crippen molar-refractivity contribution >= 4 is 40.3 Å². The number of phenolic OH excluding ortho intramolecular Hbond substituents is 1. The normalized spacial score (nSPS) is 14.9. The lowest BCUT2D eigenvalue weighted by Crippen LogP contribution is -2.22. The molecule has 0 spiro atoms. The molecule has 1 aliphatic rings. The summed E-state index contributed by atoms with van der Waals surface area (Å²) in [5.74, 6) is -1.37. The molecule has 198 valence electrons. The first-order valence-corrected chi connectivity index (χ1v) is 11.5. The van der Waals surface area contributed by atoms with Gasteiger partial charge in [-0.1, -0.05) is 12.1 Å². The molecule has 0 unspecified atom stereocenters. The van der Waals surface area contributed by atoms with E-state index in [4.69, 9.17) is 0 Å². The van der Waals surface area contributed by atoms with Crippen LogP contribution >= 0.6 is 0 Å². The second-order valence-electron chi connectivity index (χ2n) is 9.00. The smallest absolute Gasteiger partial charge is 0.416 e. The van der Waals surface area contributed by atoms with Gasteiger partial charge in [-0.2, -0.15) is 13.2 Å². The highest BCUT2D eigenvalue weighted by Gasteiger charge is 2.32. The molecule has 3 aromatic carbocycles. The molecule has 12 heteroatoms. The van der Waals surface area contributed by atoms with Crippen LogP contribution < -0.4 is 10.6 Å². The fourth-order valence-electron chi connectivity index (χ4n) is 4.34. The van der Waals surface area contributed by atoms with Crippen molar-refractivity contribution in [1.82, 2.24) is 15.2 Å². The van der Waals surface area contributed by atoms with Gasteiger partial charge in [-0.25, -0.2) is 4.79 Å². The largest absolute Gasteiger partial charge is 0.506 e. The Kier molecular flexibility index (Phi) is 6.09. The number of alkyl halides is 3. The van der Waals surface area contributed by atoms with Gasteiger partial charge in [0, 0.05) is 11.1 Å². The van der Waals surface area contributed by atoms with Gasteiger partial charge in [0.1, 0.15) is 17.1 Å². The number of hydrogen-bond donors (Lipinski definition) is 4. The number of phenols is 1. The summed E-state index contributed by atoms with van der Waals surface area (Å²) in [5, 5.41) is 34.3. The van der Waals surface area contributed by atoms with Crippen LogP contribution in [0.4, 0.5) is 29.3 Å². The third-order valence-corrected chi connectivity index (χ3v) is 6.00. The van der Waals surface area contributed by atoms with E-state index < -0.39 is 29.6 Å². The molecule has 0 atom stereocenters. The van der Waals surface area contributed by atoms with Crippen LogP contribution in [0.2, 0.25) is 0 Å². The zero-order chi connectivity index (χ0) is 28.1. The molecule has 0 radical (unpaired) electrons. The molecule has 1 aromatic heterocycles. The van der Waals surface area contributed by atoms with Crippen molar-refractivity contribution in [2.24, 2.45) is 10.2 Å². The maximum absolute atomic E-state index is 13.5. The fourth-order valence-corrected chi connectivity index (χ4v) is 4.34. The average molecular weight is 535 g/mol. The number of aromatic hydroxyl groups is 2. The molecule has 1 aliphatic heterocycles. The third kappa shape index (κ3) is 4.91. The van der Waals surface area contributed by atoms with Crippen molar-refractivity contribution in [1.29, 1.82) is 0 Å². The van der Waals surface area contributed by atoms with E-state index in [1.165, 1.54) is 34.9 Å². The Morgan fingerprint density at radius 3 is 2.23 bits per heavy atom. The van der Waals surface area contributed by atoms with Crippen molar-refractivity contribution in [3.63, 3.8) is 0 Å². The first kappa shape index (κ1) is 25.5. The van der Waals surface area contributed by atoms with Crippen LogP contribution in [-0.2, 0) is 11.0 Å². The number of aromatic nitrogens is 1. The SMILES string of the molecule is Cc1cc(C)cc(-n2c(O)c(N=Nc3ccc(/C=C4\NC(=O)NC4=O)cc3O)c3ccc(C(F)(F)F)cc32)c1. The van der Waals surface area contributed by atoms with E-state index in [1.807, 2.05) is 19.9 Å². The van der Waals surface area contributed by atoms with Crippen LogP contribution in [0.5, 0.6) is 11.6 Å². The monoisotopic (exact) mass is 535 g/mol. The molecule has 1 saturated heterocycles. The number of carbonyl (C=O) groups excluding carboxylic acids is 2. The number of amides is 3. The van der Waals surface area contributed by atoms with Crippen molar-refractivity contribution in [3.05, 3.63) is 82.5 Å². The first-order valence-electron chi connectivity index (χ1n) is 11.5. The molecule has 2 heterocycles. The van der Waals surface area contributed by atoms with E-state index in [2.05, 4.69) is 20.9 Å². The minimum atomic E-state index is -4.60. The summed E-state index contributed by atoms with van der Waals surface area (Å²) >= 11 is 0. The number of fused-ring (bicyclic) bond motifs is 1. The lowest BCUT2D eigenvalue weighted by atomic mass is 10.1. The number of halogens is 3. The number of rotatable bonds is 4. The average Bonchev–Trinajstić information content (AvgIpc) is 3.30.